The van der Waals surface area contributed by atoms with E-state index in [0.717, 1.165) is 10.2 Å². The number of hydrogen-bond donors (Lipinski definition) is 0. The number of rotatable bonds is 0. The second-order valence-electron chi connectivity index (χ2n) is 2.53. The zero-order chi connectivity index (χ0) is 9.68. The molecular formula is C10H9BrFN. The lowest BCUT2D eigenvalue weighted by Gasteiger charge is -1.85. The molecule has 0 aliphatic rings. The number of halogens is 2. The van der Waals surface area contributed by atoms with Crippen LogP contribution < -0.4 is 0 Å². The third-order valence-corrected chi connectivity index (χ3v) is 1.86. The van der Waals surface area contributed by atoms with Crippen molar-refractivity contribution in [3.8, 4) is 0 Å². The molecule has 1 aromatic heterocycles. The SMILES string of the molecule is Cc1ccc(F)cccc(Br)cn1. The van der Waals surface area contributed by atoms with E-state index in [9.17, 15) is 4.39 Å². The summed E-state index contributed by atoms with van der Waals surface area (Å²) in [6.45, 7) is 1.81. The van der Waals surface area contributed by atoms with Gasteiger partial charge >= 0.3 is 0 Å². The lowest BCUT2D eigenvalue weighted by Crippen LogP contribution is -1.74. The van der Waals surface area contributed by atoms with Gasteiger partial charge in [0.25, 0.3) is 0 Å². The van der Waals surface area contributed by atoms with Crippen molar-refractivity contribution in [1.29, 1.82) is 0 Å². The zero-order valence-corrected chi connectivity index (χ0v) is 8.75. The van der Waals surface area contributed by atoms with Crippen molar-refractivity contribution >= 4 is 15.9 Å². The van der Waals surface area contributed by atoms with E-state index in [2.05, 4.69) is 20.9 Å². The third-order valence-electron chi connectivity index (χ3n) is 1.39. The van der Waals surface area contributed by atoms with Crippen LogP contribution in [0.2, 0.25) is 0 Å². The summed E-state index contributed by atoms with van der Waals surface area (Å²) in [5.74, 6) is -0.284. The summed E-state index contributed by atoms with van der Waals surface area (Å²) in [6.07, 6.45) is 1.67. The van der Waals surface area contributed by atoms with Gasteiger partial charge in [0, 0.05) is 16.4 Å². The van der Waals surface area contributed by atoms with Gasteiger partial charge in [0.05, 0.1) is 0 Å². The van der Waals surface area contributed by atoms with E-state index in [-0.39, 0.29) is 5.82 Å². The van der Waals surface area contributed by atoms with Gasteiger partial charge in [0.2, 0.25) is 0 Å². The number of aromatic nitrogens is 1. The monoisotopic (exact) mass is 241 g/mol. The quantitative estimate of drug-likeness (QED) is 0.679. The van der Waals surface area contributed by atoms with Crippen LogP contribution in [0.25, 0.3) is 0 Å². The molecule has 1 aromatic rings. The maximum absolute atomic E-state index is 12.9. The van der Waals surface area contributed by atoms with Crippen molar-refractivity contribution in [2.24, 2.45) is 0 Å². The second-order valence-corrected chi connectivity index (χ2v) is 3.44. The molecule has 0 radical (unpaired) electrons. The summed E-state index contributed by atoms with van der Waals surface area (Å²) in [5, 5.41) is 0. The first-order chi connectivity index (χ1) is 6.18. The first-order valence-electron chi connectivity index (χ1n) is 3.80. The number of nitrogens with zero attached hydrogens (tertiary/aromatic N) is 1. The van der Waals surface area contributed by atoms with Crippen LogP contribution in [-0.2, 0) is 0 Å². The molecule has 3 heteroatoms. The summed E-state index contributed by atoms with van der Waals surface area (Å²) >= 11 is 3.27. The van der Waals surface area contributed by atoms with Crippen molar-refractivity contribution in [1.82, 2.24) is 4.98 Å². The van der Waals surface area contributed by atoms with Crippen LogP contribution in [0.15, 0.2) is 41.0 Å². The van der Waals surface area contributed by atoms with Crippen LogP contribution in [0.5, 0.6) is 0 Å². The molecule has 0 N–H and O–H groups in total. The van der Waals surface area contributed by atoms with Gasteiger partial charge in [-0.1, -0.05) is 6.07 Å². The van der Waals surface area contributed by atoms with E-state index in [1.165, 1.54) is 12.1 Å². The highest BCUT2D eigenvalue weighted by Gasteiger charge is 1.83. The highest BCUT2D eigenvalue weighted by atomic mass is 79.9. The average Bonchev–Trinajstić information content (AvgIpc) is 2.10. The molecule has 1 heterocycles. The summed E-state index contributed by atoms with van der Waals surface area (Å²) in [4.78, 5) is 4.08. The van der Waals surface area contributed by atoms with Gasteiger partial charge in [0.1, 0.15) is 5.82 Å². The highest BCUT2D eigenvalue weighted by Crippen LogP contribution is 2.03. The Morgan fingerprint density at radius 2 is 2.00 bits per heavy atom. The molecule has 0 atom stereocenters. The van der Waals surface area contributed by atoms with Crippen LogP contribution in [0.4, 0.5) is 4.39 Å². The predicted molar refractivity (Wildman–Crippen MR) is 54.3 cm³/mol. The van der Waals surface area contributed by atoms with E-state index in [1.807, 2.05) is 6.92 Å². The predicted octanol–water partition coefficient (Wildman–Crippen LogP) is 3.42. The molecule has 1 nitrogen and oxygen atoms in total. The summed E-state index contributed by atoms with van der Waals surface area (Å²) in [5.41, 5.74) is 0.760. The molecule has 68 valence electrons. The molecule has 0 spiro atoms. The van der Waals surface area contributed by atoms with Crippen molar-refractivity contribution in [2.75, 3.05) is 0 Å². The van der Waals surface area contributed by atoms with Gasteiger partial charge in [-0.2, -0.15) is 0 Å². The van der Waals surface area contributed by atoms with Crippen LogP contribution in [-0.4, -0.2) is 4.98 Å². The number of aryl methyl sites for hydroxylation is 1. The largest absolute Gasteiger partial charge is 0.260 e. The van der Waals surface area contributed by atoms with Gasteiger partial charge < -0.3 is 0 Å². The lowest BCUT2D eigenvalue weighted by atomic mass is 10.4. The Morgan fingerprint density at radius 1 is 1.23 bits per heavy atom. The second kappa shape index (κ2) is 4.92. The Bertz CT molecular complexity index is 320. The summed E-state index contributed by atoms with van der Waals surface area (Å²) in [6, 6.07) is 7.76. The fourth-order valence-corrected chi connectivity index (χ4v) is 0.992. The Hall–Kier alpha value is -0.960. The average molecular weight is 242 g/mol. The fourth-order valence-electron chi connectivity index (χ4n) is 0.737. The molecule has 0 amide bonds. The topological polar surface area (TPSA) is 12.9 Å². The summed E-state index contributed by atoms with van der Waals surface area (Å²) < 4.78 is 13.7. The maximum atomic E-state index is 12.9. The molecule has 0 fully saturated rings. The minimum Gasteiger partial charge on any atom is -0.260 e. The molecular weight excluding hydrogens is 233 g/mol. The van der Waals surface area contributed by atoms with E-state index >= 15 is 0 Å². The zero-order valence-electron chi connectivity index (χ0n) is 7.17. The molecule has 0 aliphatic heterocycles. The molecule has 13 heavy (non-hydrogen) atoms. The minimum atomic E-state index is -0.284. The Kier molecular flexibility index (Phi) is 3.83. The maximum Gasteiger partial charge on any atom is 0.123 e. The number of hydrogen-bond acceptors (Lipinski definition) is 1. The lowest BCUT2D eigenvalue weighted by molar-refractivity contribution is 0.628. The van der Waals surface area contributed by atoms with Gasteiger partial charge in [-0.25, -0.2) is 4.39 Å². The van der Waals surface area contributed by atoms with Crippen LogP contribution >= 0.6 is 15.9 Å². The van der Waals surface area contributed by atoms with Crippen LogP contribution in [0, 0.1) is 12.7 Å². The van der Waals surface area contributed by atoms with E-state index < -0.39 is 0 Å². The van der Waals surface area contributed by atoms with Crippen molar-refractivity contribution < 1.29 is 4.39 Å². The summed E-state index contributed by atoms with van der Waals surface area (Å²) in [7, 11) is 0. The fraction of sp³-hybridized carbons (Fsp3) is 0.100. The van der Waals surface area contributed by atoms with Gasteiger partial charge in [-0.15, -0.1) is 0 Å². The molecule has 0 saturated carbocycles. The van der Waals surface area contributed by atoms with Gasteiger partial charge in [-0.3, -0.25) is 4.98 Å². The van der Waals surface area contributed by atoms with E-state index in [1.54, 1.807) is 24.4 Å². The first kappa shape index (κ1) is 10.1. The third kappa shape index (κ3) is 3.99. The van der Waals surface area contributed by atoms with E-state index in [0.29, 0.717) is 0 Å². The first-order valence-corrected chi connectivity index (χ1v) is 4.60. The molecule has 1 rings (SSSR count). The van der Waals surface area contributed by atoms with Crippen LogP contribution in [0.1, 0.15) is 5.69 Å². The smallest absolute Gasteiger partial charge is 0.123 e. The Balaban J connectivity index is 3.31. The molecule has 0 bridgehead atoms. The van der Waals surface area contributed by atoms with Crippen molar-refractivity contribution in [3.63, 3.8) is 0 Å². The minimum absolute atomic E-state index is 0.284. The normalized spacial score (nSPS) is 9.15. The van der Waals surface area contributed by atoms with Crippen molar-refractivity contribution in [2.45, 2.75) is 6.92 Å². The van der Waals surface area contributed by atoms with Crippen LogP contribution in [0.3, 0.4) is 0 Å². The van der Waals surface area contributed by atoms with Gasteiger partial charge in [0.15, 0.2) is 0 Å². The van der Waals surface area contributed by atoms with Crippen molar-refractivity contribution in [3.05, 3.63) is 52.5 Å². The highest BCUT2D eigenvalue weighted by molar-refractivity contribution is 9.10. The molecule has 0 aromatic carbocycles. The molecule has 0 saturated heterocycles. The van der Waals surface area contributed by atoms with Gasteiger partial charge in [-0.05, 0) is 47.1 Å². The Morgan fingerprint density at radius 3 is 2.77 bits per heavy atom. The standard InChI is InChI=1S/C10H9BrFN/c1-8-5-6-10(12)4-2-3-9(11)7-13-8/h2-7H,1H3. The van der Waals surface area contributed by atoms with E-state index in [4.69, 9.17) is 0 Å². The molecule has 0 aliphatic carbocycles. The molecule has 0 unspecified atom stereocenters. The Labute approximate surface area is 85.1 Å².